The van der Waals surface area contributed by atoms with Gasteiger partial charge in [-0.25, -0.2) is 0 Å². The van der Waals surface area contributed by atoms with Crippen LogP contribution in [0.4, 0.5) is 0 Å². The average molecular weight is 736 g/mol. The van der Waals surface area contributed by atoms with Crippen LogP contribution < -0.4 is 0 Å². The Kier molecular flexibility index (Phi) is 30.4. The van der Waals surface area contributed by atoms with Crippen LogP contribution in [-0.4, -0.2) is 42.5 Å². The van der Waals surface area contributed by atoms with Crippen molar-refractivity contribution in [3.05, 3.63) is 41.0 Å². The van der Waals surface area contributed by atoms with Crippen LogP contribution >= 0.6 is 0 Å². The first-order valence-corrected chi connectivity index (χ1v) is 23.4. The molecular weight excluding hydrogens is 656 g/mol. The molecule has 0 fully saturated rings. The number of unbranched alkanes of at least 4 members (excludes halogenated alkanes) is 27. The molecule has 2 aromatic rings. The van der Waals surface area contributed by atoms with Gasteiger partial charge in [-0.05, 0) is 60.6 Å². The molecule has 0 aliphatic rings. The SMILES string of the molecule is CCCCCCCCCCCCc1c(CCCCCCCCCCCC)c(S(=O)(=O)O)c2ccccc2c1CCCCCCCCCCCC.[Na]. The minimum Gasteiger partial charge on any atom is -0.282 e. The van der Waals surface area contributed by atoms with Crippen LogP contribution in [0, 0.1) is 0 Å². The molecule has 289 valence electrons. The standard InChI is InChI=1S/C46H80O3S.Na/c1-4-7-10-13-16-19-22-25-28-31-36-41-42(37-32-29-26-23-20-17-14-11-8-5-2)44(39-33-30-27-24-21-18-15-12-9-6-3)46(50(47,48)49)45-40-35-34-38-43(41)45;/h34-35,38,40H,4-33,36-37,39H2,1-3H3,(H,47,48,49);. The summed E-state index contributed by atoms with van der Waals surface area (Å²) in [5.41, 5.74) is 3.55. The fourth-order valence-corrected chi connectivity index (χ4v) is 9.10. The summed E-state index contributed by atoms with van der Waals surface area (Å²) in [5.74, 6) is 0. The molecule has 1 N–H and O–H groups in total. The first-order chi connectivity index (χ1) is 24.5. The first-order valence-electron chi connectivity index (χ1n) is 22.0. The quantitative estimate of drug-likeness (QED) is 0.0442. The normalized spacial score (nSPS) is 11.8. The van der Waals surface area contributed by atoms with E-state index < -0.39 is 10.1 Å². The zero-order valence-corrected chi connectivity index (χ0v) is 37.1. The van der Waals surface area contributed by atoms with Crippen molar-refractivity contribution < 1.29 is 13.0 Å². The topological polar surface area (TPSA) is 54.4 Å². The fourth-order valence-electron chi connectivity index (χ4n) is 8.10. The monoisotopic (exact) mass is 736 g/mol. The predicted octanol–water partition coefficient (Wildman–Crippen LogP) is 15.1. The molecule has 0 saturated carbocycles. The van der Waals surface area contributed by atoms with Crippen LogP contribution in [0.5, 0.6) is 0 Å². The third-order valence-corrected chi connectivity index (χ3v) is 12.1. The molecule has 0 bridgehead atoms. The Morgan fingerprint density at radius 3 is 1.00 bits per heavy atom. The average Bonchev–Trinajstić information content (AvgIpc) is 3.10. The second-order valence-corrected chi connectivity index (χ2v) is 16.9. The molecular formula is C46H80NaO3S. The van der Waals surface area contributed by atoms with E-state index in [1.54, 1.807) is 0 Å². The summed E-state index contributed by atoms with van der Waals surface area (Å²) in [6.45, 7) is 6.83. The van der Waals surface area contributed by atoms with Gasteiger partial charge in [-0.3, -0.25) is 4.55 Å². The van der Waals surface area contributed by atoms with Crippen molar-refractivity contribution >= 4 is 50.4 Å². The zero-order chi connectivity index (χ0) is 36.1. The van der Waals surface area contributed by atoms with Crippen molar-refractivity contribution in [3.63, 3.8) is 0 Å². The maximum Gasteiger partial charge on any atom is 0.295 e. The van der Waals surface area contributed by atoms with Crippen molar-refractivity contribution in [2.45, 2.75) is 238 Å². The van der Waals surface area contributed by atoms with Crippen LogP contribution in [0.1, 0.15) is 230 Å². The molecule has 0 spiro atoms. The molecule has 2 aromatic carbocycles. The smallest absolute Gasteiger partial charge is 0.282 e. The fraction of sp³-hybridized carbons (Fsp3) is 0.783. The Morgan fingerprint density at radius 2 is 0.667 bits per heavy atom. The maximum atomic E-state index is 13.2. The van der Waals surface area contributed by atoms with Gasteiger partial charge in [0, 0.05) is 34.9 Å². The maximum absolute atomic E-state index is 13.2. The zero-order valence-electron chi connectivity index (χ0n) is 34.3. The van der Waals surface area contributed by atoms with E-state index >= 15 is 0 Å². The minimum absolute atomic E-state index is 0. The van der Waals surface area contributed by atoms with E-state index in [0.717, 1.165) is 61.3 Å². The van der Waals surface area contributed by atoms with Crippen LogP contribution in [0.3, 0.4) is 0 Å². The molecule has 0 saturated heterocycles. The van der Waals surface area contributed by atoms with Crippen molar-refractivity contribution in [3.8, 4) is 0 Å². The van der Waals surface area contributed by atoms with Gasteiger partial charge >= 0.3 is 0 Å². The molecule has 1 radical (unpaired) electrons. The van der Waals surface area contributed by atoms with E-state index in [0.29, 0.717) is 0 Å². The summed E-state index contributed by atoms with van der Waals surface area (Å²) in [5, 5.41) is 1.77. The summed E-state index contributed by atoms with van der Waals surface area (Å²) in [4.78, 5) is 0.206. The van der Waals surface area contributed by atoms with Gasteiger partial charge in [-0.2, -0.15) is 8.42 Å². The molecule has 0 amide bonds. The second kappa shape index (κ2) is 31.9. The van der Waals surface area contributed by atoms with Crippen LogP contribution in [0.25, 0.3) is 10.8 Å². The van der Waals surface area contributed by atoms with Crippen molar-refractivity contribution in [2.24, 2.45) is 0 Å². The van der Waals surface area contributed by atoms with Crippen LogP contribution in [-0.2, 0) is 29.4 Å². The number of hydrogen-bond acceptors (Lipinski definition) is 2. The number of hydrogen-bond donors (Lipinski definition) is 1. The summed E-state index contributed by atoms with van der Waals surface area (Å²) >= 11 is 0. The van der Waals surface area contributed by atoms with E-state index in [4.69, 9.17) is 0 Å². The third-order valence-electron chi connectivity index (χ3n) is 11.1. The van der Waals surface area contributed by atoms with Gasteiger partial charge in [0.25, 0.3) is 10.1 Å². The summed E-state index contributed by atoms with van der Waals surface area (Å²) < 4.78 is 37.0. The van der Waals surface area contributed by atoms with Gasteiger partial charge in [0.1, 0.15) is 4.90 Å². The Morgan fingerprint density at radius 1 is 0.392 bits per heavy atom. The molecule has 51 heavy (non-hydrogen) atoms. The molecule has 3 nitrogen and oxygen atoms in total. The molecule has 5 heteroatoms. The van der Waals surface area contributed by atoms with Gasteiger partial charge in [0.2, 0.25) is 0 Å². The first kappa shape index (κ1) is 48.6. The molecule has 0 unspecified atom stereocenters. The Bertz CT molecular complexity index is 1220. The molecule has 0 aliphatic heterocycles. The Balaban J connectivity index is 0.0000130. The minimum atomic E-state index is -4.36. The van der Waals surface area contributed by atoms with Gasteiger partial charge in [0.15, 0.2) is 0 Å². The molecule has 0 aromatic heterocycles. The van der Waals surface area contributed by atoms with E-state index in [1.165, 1.54) is 178 Å². The summed E-state index contributed by atoms with van der Waals surface area (Å²) in [6.07, 6.45) is 41.3. The van der Waals surface area contributed by atoms with E-state index in [-0.39, 0.29) is 34.5 Å². The van der Waals surface area contributed by atoms with Gasteiger partial charge in [0.05, 0.1) is 0 Å². The van der Waals surface area contributed by atoms with E-state index in [1.807, 2.05) is 18.2 Å². The van der Waals surface area contributed by atoms with Crippen molar-refractivity contribution in [2.75, 3.05) is 0 Å². The number of fused-ring (bicyclic) bond motifs is 1. The van der Waals surface area contributed by atoms with Crippen molar-refractivity contribution in [1.29, 1.82) is 0 Å². The van der Waals surface area contributed by atoms with Gasteiger partial charge in [-0.15, -0.1) is 0 Å². The third kappa shape index (κ3) is 21.3. The summed E-state index contributed by atoms with van der Waals surface area (Å²) in [6, 6.07) is 8.03. The number of rotatable bonds is 34. The Labute approximate surface area is 339 Å². The Hall–Kier alpha value is -0.390. The molecule has 0 atom stereocenters. The van der Waals surface area contributed by atoms with Crippen molar-refractivity contribution in [1.82, 2.24) is 0 Å². The molecule has 0 aliphatic carbocycles. The van der Waals surface area contributed by atoms with E-state index in [9.17, 15) is 13.0 Å². The second-order valence-electron chi connectivity index (χ2n) is 15.6. The number of benzene rings is 2. The largest absolute Gasteiger partial charge is 0.295 e. The predicted molar refractivity (Wildman–Crippen MR) is 226 cm³/mol. The van der Waals surface area contributed by atoms with E-state index in [2.05, 4.69) is 26.8 Å². The van der Waals surface area contributed by atoms with Crippen LogP contribution in [0.2, 0.25) is 0 Å². The number of aryl methyl sites for hydroxylation is 1. The molecule has 2 rings (SSSR count). The van der Waals surface area contributed by atoms with Gasteiger partial charge < -0.3 is 0 Å². The molecule has 0 heterocycles. The van der Waals surface area contributed by atoms with Crippen LogP contribution in [0.15, 0.2) is 29.2 Å². The van der Waals surface area contributed by atoms with Gasteiger partial charge in [-0.1, -0.05) is 218 Å². The summed E-state index contributed by atoms with van der Waals surface area (Å²) in [7, 11) is -4.36.